The van der Waals surface area contributed by atoms with Gasteiger partial charge in [0, 0.05) is 30.2 Å². The summed E-state index contributed by atoms with van der Waals surface area (Å²) in [5.41, 5.74) is 1.32. The Morgan fingerprint density at radius 3 is 2.94 bits per heavy atom. The molecule has 0 aliphatic carbocycles. The molecule has 1 aliphatic rings. The SMILES string of the molecule is CCOC[C@H](C)N[C@H](C)[C@H]1COc2ccccc21. The number of ether oxygens (including phenoxy) is 2. The van der Waals surface area contributed by atoms with Crippen molar-refractivity contribution in [1.29, 1.82) is 0 Å². The van der Waals surface area contributed by atoms with Crippen molar-refractivity contribution >= 4 is 0 Å². The summed E-state index contributed by atoms with van der Waals surface area (Å²) in [5.74, 6) is 1.47. The second-order valence-corrected chi connectivity index (χ2v) is 4.97. The van der Waals surface area contributed by atoms with Crippen molar-refractivity contribution in [2.75, 3.05) is 19.8 Å². The molecule has 0 fully saturated rings. The number of rotatable bonds is 6. The highest BCUT2D eigenvalue weighted by Crippen LogP contribution is 2.35. The Kier molecular flexibility index (Phi) is 4.61. The smallest absolute Gasteiger partial charge is 0.122 e. The number of para-hydroxylation sites is 1. The molecule has 100 valence electrons. The molecule has 1 aromatic rings. The van der Waals surface area contributed by atoms with Gasteiger partial charge in [-0.15, -0.1) is 0 Å². The van der Waals surface area contributed by atoms with Crippen LogP contribution in [0.25, 0.3) is 0 Å². The summed E-state index contributed by atoms with van der Waals surface area (Å²) < 4.78 is 11.2. The molecule has 0 bridgehead atoms. The minimum absolute atomic E-state index is 0.368. The standard InChI is InChI=1S/C15H23NO2/c1-4-17-9-11(2)16-12(3)14-10-18-15-8-6-5-7-13(14)15/h5-8,11-12,14,16H,4,9-10H2,1-3H3/t11-,12+,14+/m0/s1. The van der Waals surface area contributed by atoms with Gasteiger partial charge in [0.1, 0.15) is 5.75 Å². The molecule has 1 aromatic carbocycles. The summed E-state index contributed by atoms with van der Waals surface area (Å²) in [6, 6.07) is 9.08. The monoisotopic (exact) mass is 249 g/mol. The molecule has 1 heterocycles. The maximum absolute atomic E-state index is 5.72. The highest BCUT2D eigenvalue weighted by molar-refractivity contribution is 5.40. The van der Waals surface area contributed by atoms with Crippen LogP contribution in [-0.2, 0) is 4.74 Å². The molecule has 0 saturated carbocycles. The molecule has 0 amide bonds. The normalized spacial score (nSPS) is 21.2. The van der Waals surface area contributed by atoms with Crippen LogP contribution in [0.5, 0.6) is 5.75 Å². The fourth-order valence-corrected chi connectivity index (χ4v) is 2.51. The van der Waals surface area contributed by atoms with E-state index in [1.807, 2.05) is 19.1 Å². The topological polar surface area (TPSA) is 30.5 Å². The number of nitrogens with one attached hydrogen (secondary N) is 1. The lowest BCUT2D eigenvalue weighted by Gasteiger charge is -2.24. The summed E-state index contributed by atoms with van der Waals surface area (Å²) >= 11 is 0. The van der Waals surface area contributed by atoms with Crippen molar-refractivity contribution in [1.82, 2.24) is 5.32 Å². The first-order valence-corrected chi connectivity index (χ1v) is 6.78. The molecule has 1 aliphatic heterocycles. The largest absolute Gasteiger partial charge is 0.493 e. The molecule has 0 spiro atoms. The van der Waals surface area contributed by atoms with Gasteiger partial charge < -0.3 is 14.8 Å². The van der Waals surface area contributed by atoms with Crippen molar-refractivity contribution < 1.29 is 9.47 Å². The third-order valence-corrected chi connectivity index (χ3v) is 3.46. The first kappa shape index (κ1) is 13.4. The van der Waals surface area contributed by atoms with Crippen molar-refractivity contribution in [2.45, 2.75) is 38.8 Å². The second kappa shape index (κ2) is 6.21. The van der Waals surface area contributed by atoms with Crippen molar-refractivity contribution in [3.8, 4) is 5.75 Å². The van der Waals surface area contributed by atoms with Gasteiger partial charge >= 0.3 is 0 Å². The Morgan fingerprint density at radius 1 is 1.39 bits per heavy atom. The zero-order valence-corrected chi connectivity index (χ0v) is 11.5. The van der Waals surface area contributed by atoms with Gasteiger partial charge in [-0.3, -0.25) is 0 Å². The number of benzene rings is 1. The van der Waals surface area contributed by atoms with E-state index >= 15 is 0 Å². The van der Waals surface area contributed by atoms with Gasteiger partial charge in [-0.25, -0.2) is 0 Å². The van der Waals surface area contributed by atoms with Gasteiger partial charge in [0.2, 0.25) is 0 Å². The highest BCUT2D eigenvalue weighted by Gasteiger charge is 2.29. The zero-order valence-electron chi connectivity index (χ0n) is 11.5. The maximum Gasteiger partial charge on any atom is 0.122 e. The van der Waals surface area contributed by atoms with E-state index in [2.05, 4.69) is 31.3 Å². The number of hydrogen-bond acceptors (Lipinski definition) is 3. The average molecular weight is 249 g/mol. The van der Waals surface area contributed by atoms with E-state index in [1.54, 1.807) is 0 Å². The fraction of sp³-hybridized carbons (Fsp3) is 0.600. The lowest BCUT2D eigenvalue weighted by Crippen LogP contribution is -2.41. The fourth-order valence-electron chi connectivity index (χ4n) is 2.51. The number of hydrogen-bond donors (Lipinski definition) is 1. The molecule has 3 nitrogen and oxygen atoms in total. The predicted octanol–water partition coefficient (Wildman–Crippen LogP) is 2.57. The second-order valence-electron chi connectivity index (χ2n) is 4.97. The molecule has 18 heavy (non-hydrogen) atoms. The van der Waals surface area contributed by atoms with Gasteiger partial charge in [-0.1, -0.05) is 18.2 Å². The van der Waals surface area contributed by atoms with E-state index < -0.39 is 0 Å². The van der Waals surface area contributed by atoms with E-state index in [0.29, 0.717) is 18.0 Å². The van der Waals surface area contributed by atoms with Crippen LogP contribution in [0, 0.1) is 0 Å². The Balaban J connectivity index is 1.92. The van der Waals surface area contributed by atoms with E-state index in [-0.39, 0.29) is 0 Å². The average Bonchev–Trinajstić information content (AvgIpc) is 2.80. The Hall–Kier alpha value is -1.06. The van der Waals surface area contributed by atoms with Gasteiger partial charge in [0.25, 0.3) is 0 Å². The van der Waals surface area contributed by atoms with E-state index in [9.17, 15) is 0 Å². The lowest BCUT2D eigenvalue weighted by molar-refractivity contribution is 0.122. The number of fused-ring (bicyclic) bond motifs is 1. The van der Waals surface area contributed by atoms with Crippen LogP contribution in [0.1, 0.15) is 32.3 Å². The highest BCUT2D eigenvalue weighted by atomic mass is 16.5. The summed E-state index contributed by atoms with van der Waals surface area (Å²) in [4.78, 5) is 0. The van der Waals surface area contributed by atoms with E-state index in [0.717, 1.165) is 25.6 Å². The molecular weight excluding hydrogens is 226 g/mol. The molecular formula is C15H23NO2. The molecule has 0 radical (unpaired) electrons. The third-order valence-electron chi connectivity index (χ3n) is 3.46. The van der Waals surface area contributed by atoms with Crippen LogP contribution in [0.15, 0.2) is 24.3 Å². The van der Waals surface area contributed by atoms with Crippen LogP contribution < -0.4 is 10.1 Å². The Bertz CT molecular complexity index is 381. The van der Waals surface area contributed by atoms with Crippen LogP contribution >= 0.6 is 0 Å². The molecule has 1 N–H and O–H groups in total. The summed E-state index contributed by atoms with van der Waals surface area (Å²) in [6.45, 7) is 8.71. The Labute approximate surface area is 109 Å². The minimum atomic E-state index is 0.368. The Morgan fingerprint density at radius 2 is 2.17 bits per heavy atom. The zero-order chi connectivity index (χ0) is 13.0. The first-order chi connectivity index (χ1) is 8.72. The third kappa shape index (κ3) is 3.03. The molecule has 3 heteroatoms. The van der Waals surface area contributed by atoms with Crippen LogP contribution in [0.2, 0.25) is 0 Å². The maximum atomic E-state index is 5.72. The van der Waals surface area contributed by atoms with E-state index in [1.165, 1.54) is 5.56 Å². The summed E-state index contributed by atoms with van der Waals surface area (Å²) in [5, 5.41) is 3.59. The lowest BCUT2D eigenvalue weighted by atomic mass is 9.94. The van der Waals surface area contributed by atoms with Gasteiger partial charge in [-0.05, 0) is 26.8 Å². The van der Waals surface area contributed by atoms with Gasteiger partial charge in [0.15, 0.2) is 0 Å². The van der Waals surface area contributed by atoms with Crippen LogP contribution in [0.3, 0.4) is 0 Å². The van der Waals surface area contributed by atoms with Gasteiger partial charge in [-0.2, -0.15) is 0 Å². The quantitative estimate of drug-likeness (QED) is 0.840. The van der Waals surface area contributed by atoms with Crippen molar-refractivity contribution in [2.24, 2.45) is 0 Å². The molecule has 0 saturated heterocycles. The van der Waals surface area contributed by atoms with E-state index in [4.69, 9.17) is 9.47 Å². The minimum Gasteiger partial charge on any atom is -0.493 e. The van der Waals surface area contributed by atoms with Crippen LogP contribution in [-0.4, -0.2) is 31.9 Å². The first-order valence-electron chi connectivity index (χ1n) is 6.78. The predicted molar refractivity (Wildman–Crippen MR) is 73.2 cm³/mol. The summed E-state index contributed by atoms with van der Waals surface area (Å²) in [6.07, 6.45) is 0. The van der Waals surface area contributed by atoms with Crippen molar-refractivity contribution in [3.05, 3.63) is 29.8 Å². The van der Waals surface area contributed by atoms with Crippen LogP contribution in [0.4, 0.5) is 0 Å². The molecule has 0 unspecified atom stereocenters. The summed E-state index contributed by atoms with van der Waals surface area (Å²) in [7, 11) is 0. The van der Waals surface area contributed by atoms with Gasteiger partial charge in [0.05, 0.1) is 13.2 Å². The van der Waals surface area contributed by atoms with Crippen molar-refractivity contribution in [3.63, 3.8) is 0 Å². The molecule has 2 rings (SSSR count). The molecule has 0 aromatic heterocycles. The molecule has 3 atom stereocenters.